The Morgan fingerprint density at radius 2 is 2.40 bits per heavy atom. The average Bonchev–Trinajstić information content (AvgIpc) is 2.60. The van der Waals surface area contributed by atoms with E-state index in [-0.39, 0.29) is 5.76 Å². The Morgan fingerprint density at radius 1 is 1.73 bits per heavy atom. The van der Waals surface area contributed by atoms with Crippen molar-refractivity contribution in [3.63, 3.8) is 0 Å². The first kappa shape index (κ1) is 11.6. The highest BCUT2D eigenvalue weighted by Crippen LogP contribution is 2.05. The fraction of sp³-hybridized carbons (Fsp3) is 0.500. The number of aliphatic hydroxyl groups excluding tert-OH is 1. The molecule has 0 fully saturated rings. The number of aromatic nitrogens is 1. The highest BCUT2D eigenvalue weighted by Gasteiger charge is 2.20. The summed E-state index contributed by atoms with van der Waals surface area (Å²) < 4.78 is 28.3. The molecule has 0 aromatic carbocycles. The van der Waals surface area contributed by atoms with E-state index in [1.165, 1.54) is 6.20 Å². The number of aliphatic hydroxyl groups is 1. The van der Waals surface area contributed by atoms with Crippen molar-refractivity contribution in [3.05, 3.63) is 17.5 Å². The topological polar surface area (TPSA) is 75.4 Å². The van der Waals surface area contributed by atoms with Crippen LogP contribution in [0.15, 0.2) is 10.7 Å². The Bertz CT molecular complexity index is 340. The summed E-state index contributed by atoms with van der Waals surface area (Å²) in [6.07, 6.45) is -3.43. The number of halogens is 2. The first-order chi connectivity index (χ1) is 7.02. The molecule has 5 nitrogen and oxygen atoms in total. The van der Waals surface area contributed by atoms with Gasteiger partial charge in [-0.15, -0.1) is 0 Å². The van der Waals surface area contributed by atoms with Crippen molar-refractivity contribution in [1.29, 1.82) is 0 Å². The van der Waals surface area contributed by atoms with Gasteiger partial charge in [0, 0.05) is 12.1 Å². The second kappa shape index (κ2) is 4.83. The van der Waals surface area contributed by atoms with E-state index in [9.17, 15) is 13.6 Å². The van der Waals surface area contributed by atoms with Crippen molar-refractivity contribution in [2.24, 2.45) is 0 Å². The number of aryl methyl sites for hydroxylation is 1. The largest absolute Gasteiger partial charge is 0.385 e. The number of nitrogens with one attached hydrogen (secondary N) is 1. The summed E-state index contributed by atoms with van der Waals surface area (Å²) in [5.41, 5.74) is 0.499. The Morgan fingerprint density at radius 3 is 2.87 bits per heavy atom. The van der Waals surface area contributed by atoms with E-state index in [0.29, 0.717) is 5.56 Å². The zero-order chi connectivity index (χ0) is 11.4. The van der Waals surface area contributed by atoms with E-state index in [1.807, 2.05) is 0 Å². The zero-order valence-corrected chi connectivity index (χ0v) is 7.91. The molecule has 1 atom stereocenters. The number of nitrogens with zero attached hydrogens (tertiary/aromatic N) is 1. The van der Waals surface area contributed by atoms with Crippen molar-refractivity contribution < 1.29 is 23.2 Å². The van der Waals surface area contributed by atoms with E-state index in [2.05, 4.69) is 15.0 Å². The van der Waals surface area contributed by atoms with Gasteiger partial charge in [-0.2, -0.15) is 0 Å². The van der Waals surface area contributed by atoms with Crippen molar-refractivity contribution in [3.8, 4) is 0 Å². The van der Waals surface area contributed by atoms with Gasteiger partial charge in [-0.3, -0.25) is 4.79 Å². The molecule has 1 heterocycles. The van der Waals surface area contributed by atoms with Crippen molar-refractivity contribution in [2.75, 3.05) is 6.54 Å². The number of alkyl halides is 2. The maximum Gasteiger partial charge on any atom is 0.290 e. The minimum absolute atomic E-state index is 0.0449. The van der Waals surface area contributed by atoms with E-state index >= 15 is 0 Å². The molecule has 0 saturated carbocycles. The average molecular weight is 220 g/mol. The van der Waals surface area contributed by atoms with Crippen molar-refractivity contribution >= 4 is 5.91 Å². The third-order valence-electron chi connectivity index (χ3n) is 1.72. The Kier molecular flexibility index (Phi) is 3.73. The molecule has 0 saturated heterocycles. The van der Waals surface area contributed by atoms with Crippen LogP contribution in [0.25, 0.3) is 0 Å². The van der Waals surface area contributed by atoms with Gasteiger partial charge in [0.2, 0.25) is 5.76 Å². The normalized spacial score (nSPS) is 12.9. The summed E-state index contributed by atoms with van der Waals surface area (Å²) in [5.74, 6) is -0.721. The first-order valence-electron chi connectivity index (χ1n) is 4.18. The summed E-state index contributed by atoms with van der Waals surface area (Å²) in [6, 6.07) is 0. The van der Waals surface area contributed by atoms with Gasteiger partial charge in [0.15, 0.2) is 0 Å². The predicted octanol–water partition coefficient (Wildman–Crippen LogP) is 0.339. The zero-order valence-electron chi connectivity index (χ0n) is 7.91. The van der Waals surface area contributed by atoms with Crippen molar-refractivity contribution in [2.45, 2.75) is 19.5 Å². The molecule has 0 aliphatic heterocycles. The molecule has 1 amide bonds. The van der Waals surface area contributed by atoms with Crippen LogP contribution in [0.4, 0.5) is 8.78 Å². The van der Waals surface area contributed by atoms with Crippen LogP contribution < -0.4 is 5.32 Å². The van der Waals surface area contributed by atoms with Gasteiger partial charge < -0.3 is 14.9 Å². The molecule has 0 radical (unpaired) electrons. The standard InChI is InChI=1S/C8H10F2N2O3/c1-4-2-12-15-6(4)8(14)11-3-5(13)7(9)10/h2,5,7,13H,3H2,1H3,(H,11,14). The van der Waals surface area contributed by atoms with E-state index in [4.69, 9.17) is 5.11 Å². The highest BCUT2D eigenvalue weighted by atomic mass is 19.3. The number of hydrogen-bond donors (Lipinski definition) is 2. The molecular weight excluding hydrogens is 210 g/mol. The maximum atomic E-state index is 11.9. The maximum absolute atomic E-state index is 11.9. The monoisotopic (exact) mass is 220 g/mol. The molecule has 0 aliphatic carbocycles. The van der Waals surface area contributed by atoms with Crippen LogP contribution in [0.1, 0.15) is 16.1 Å². The van der Waals surface area contributed by atoms with Gasteiger partial charge >= 0.3 is 0 Å². The Labute approximate surface area is 84.1 Å². The van der Waals surface area contributed by atoms with Crippen molar-refractivity contribution in [1.82, 2.24) is 10.5 Å². The summed E-state index contributed by atoms with van der Waals surface area (Å²) in [7, 11) is 0. The molecule has 0 bridgehead atoms. The third kappa shape index (κ3) is 2.98. The fourth-order valence-corrected chi connectivity index (χ4v) is 0.876. The Balaban J connectivity index is 2.47. The number of amides is 1. The molecular formula is C8H10F2N2O3. The third-order valence-corrected chi connectivity index (χ3v) is 1.72. The lowest BCUT2D eigenvalue weighted by molar-refractivity contribution is -0.00287. The van der Waals surface area contributed by atoms with Gasteiger partial charge in [-0.1, -0.05) is 5.16 Å². The van der Waals surface area contributed by atoms with Crippen LogP contribution in [0, 0.1) is 6.92 Å². The van der Waals surface area contributed by atoms with Gasteiger partial charge in [-0.05, 0) is 6.92 Å². The number of carbonyl (C=O) groups is 1. The molecule has 1 aromatic heterocycles. The van der Waals surface area contributed by atoms with Crippen LogP contribution in [-0.2, 0) is 0 Å². The van der Waals surface area contributed by atoms with Gasteiger partial charge in [0.05, 0.1) is 6.20 Å². The quantitative estimate of drug-likeness (QED) is 0.767. The second-order valence-electron chi connectivity index (χ2n) is 2.95. The first-order valence-corrected chi connectivity index (χ1v) is 4.18. The summed E-state index contributed by atoms with van der Waals surface area (Å²) in [6.45, 7) is 1.06. The molecule has 0 aliphatic rings. The molecule has 15 heavy (non-hydrogen) atoms. The van der Waals surface area contributed by atoms with Crippen LogP contribution >= 0.6 is 0 Å². The van der Waals surface area contributed by atoms with Crippen LogP contribution in [0.5, 0.6) is 0 Å². The molecule has 7 heteroatoms. The van der Waals surface area contributed by atoms with Crippen LogP contribution in [0.3, 0.4) is 0 Å². The molecule has 0 spiro atoms. The van der Waals surface area contributed by atoms with Crippen LogP contribution in [0.2, 0.25) is 0 Å². The van der Waals surface area contributed by atoms with Gasteiger partial charge in [-0.25, -0.2) is 8.78 Å². The lowest BCUT2D eigenvalue weighted by Crippen LogP contribution is -2.35. The fourth-order valence-electron chi connectivity index (χ4n) is 0.876. The summed E-state index contributed by atoms with van der Waals surface area (Å²) in [4.78, 5) is 11.3. The van der Waals surface area contributed by atoms with E-state index in [1.54, 1.807) is 6.92 Å². The van der Waals surface area contributed by atoms with Gasteiger partial charge in [0.1, 0.15) is 6.10 Å². The minimum atomic E-state index is -2.89. The van der Waals surface area contributed by atoms with Gasteiger partial charge in [0.25, 0.3) is 12.3 Å². The van der Waals surface area contributed by atoms with E-state index in [0.717, 1.165) is 0 Å². The Hall–Kier alpha value is -1.50. The minimum Gasteiger partial charge on any atom is -0.385 e. The lowest BCUT2D eigenvalue weighted by Gasteiger charge is -2.09. The lowest BCUT2D eigenvalue weighted by atomic mass is 10.3. The number of rotatable bonds is 4. The smallest absolute Gasteiger partial charge is 0.290 e. The van der Waals surface area contributed by atoms with Crippen LogP contribution in [-0.4, -0.2) is 35.2 Å². The molecule has 1 unspecified atom stereocenters. The number of hydrogen-bond acceptors (Lipinski definition) is 4. The SMILES string of the molecule is Cc1cnoc1C(=O)NCC(O)C(F)F. The molecule has 1 aromatic rings. The molecule has 1 rings (SSSR count). The van der Waals surface area contributed by atoms with E-state index < -0.39 is 25.0 Å². The number of carbonyl (C=O) groups excluding carboxylic acids is 1. The predicted molar refractivity (Wildman–Crippen MR) is 45.6 cm³/mol. The highest BCUT2D eigenvalue weighted by molar-refractivity contribution is 5.92. The molecule has 84 valence electrons. The molecule has 2 N–H and O–H groups in total. The second-order valence-corrected chi connectivity index (χ2v) is 2.95. The summed E-state index contributed by atoms with van der Waals surface area (Å²) >= 11 is 0. The summed E-state index contributed by atoms with van der Waals surface area (Å²) in [5, 5.41) is 14.2.